The molecule has 0 bridgehead atoms. The van der Waals surface area contributed by atoms with Crippen molar-refractivity contribution in [2.24, 2.45) is 5.92 Å². The fraction of sp³-hybridized carbons (Fsp3) is 0.696. The van der Waals surface area contributed by atoms with Crippen LogP contribution >= 0.6 is 0 Å². The van der Waals surface area contributed by atoms with Crippen LogP contribution in [0.4, 0.5) is 0 Å². The molecule has 4 nitrogen and oxygen atoms in total. The van der Waals surface area contributed by atoms with E-state index in [0.717, 1.165) is 17.9 Å². The minimum absolute atomic E-state index is 0.269. The van der Waals surface area contributed by atoms with Crippen LogP contribution in [0.3, 0.4) is 0 Å². The van der Waals surface area contributed by atoms with Crippen molar-refractivity contribution in [3.8, 4) is 0 Å². The van der Waals surface area contributed by atoms with Gasteiger partial charge in [0.25, 0.3) is 0 Å². The van der Waals surface area contributed by atoms with Crippen molar-refractivity contribution in [1.29, 1.82) is 5.41 Å². The third-order valence-electron chi connectivity index (χ3n) is 6.04. The minimum atomic E-state index is 0.269. The SMILES string of the molecule is CCOC(=N)c1ccc(CCCN2CCC(CN(C)C(C)CC)CC2)cc1. The lowest BCUT2D eigenvalue weighted by atomic mass is 9.95. The number of rotatable bonds is 10. The van der Waals surface area contributed by atoms with Crippen LogP contribution < -0.4 is 0 Å². The maximum absolute atomic E-state index is 7.83. The predicted octanol–water partition coefficient (Wildman–Crippen LogP) is 4.42. The fourth-order valence-electron chi connectivity index (χ4n) is 3.85. The van der Waals surface area contributed by atoms with Crippen LogP contribution in [0.25, 0.3) is 0 Å². The first-order valence-corrected chi connectivity index (χ1v) is 10.8. The molecule has 1 aromatic carbocycles. The van der Waals surface area contributed by atoms with E-state index in [4.69, 9.17) is 10.1 Å². The van der Waals surface area contributed by atoms with E-state index in [1.54, 1.807) is 0 Å². The van der Waals surface area contributed by atoms with Crippen molar-refractivity contribution >= 4 is 5.90 Å². The maximum Gasteiger partial charge on any atom is 0.213 e. The molecule has 0 radical (unpaired) electrons. The molecule has 152 valence electrons. The van der Waals surface area contributed by atoms with Gasteiger partial charge in [0.1, 0.15) is 0 Å². The quantitative estimate of drug-likeness (QED) is 0.487. The summed E-state index contributed by atoms with van der Waals surface area (Å²) in [6.07, 6.45) is 6.24. The summed E-state index contributed by atoms with van der Waals surface area (Å²) >= 11 is 0. The lowest BCUT2D eigenvalue weighted by molar-refractivity contribution is 0.137. The first kappa shape index (κ1) is 21.9. The van der Waals surface area contributed by atoms with Gasteiger partial charge in [-0.25, -0.2) is 0 Å². The van der Waals surface area contributed by atoms with Gasteiger partial charge >= 0.3 is 0 Å². The van der Waals surface area contributed by atoms with Gasteiger partial charge in [0, 0.05) is 18.2 Å². The van der Waals surface area contributed by atoms with E-state index < -0.39 is 0 Å². The monoisotopic (exact) mass is 373 g/mol. The number of hydrogen-bond acceptors (Lipinski definition) is 4. The van der Waals surface area contributed by atoms with E-state index in [1.807, 2.05) is 19.1 Å². The van der Waals surface area contributed by atoms with Crippen LogP contribution in [0.2, 0.25) is 0 Å². The van der Waals surface area contributed by atoms with Gasteiger partial charge in [0.15, 0.2) is 0 Å². The highest BCUT2D eigenvalue weighted by Gasteiger charge is 2.21. The van der Waals surface area contributed by atoms with E-state index in [0.29, 0.717) is 12.6 Å². The first-order valence-electron chi connectivity index (χ1n) is 10.8. The highest BCUT2D eigenvalue weighted by Crippen LogP contribution is 2.20. The van der Waals surface area contributed by atoms with Crippen molar-refractivity contribution in [2.45, 2.75) is 58.9 Å². The Morgan fingerprint density at radius 1 is 1.22 bits per heavy atom. The van der Waals surface area contributed by atoms with Gasteiger partial charge in [0.05, 0.1) is 6.61 Å². The molecule has 27 heavy (non-hydrogen) atoms. The summed E-state index contributed by atoms with van der Waals surface area (Å²) in [5.74, 6) is 1.14. The molecule has 1 fully saturated rings. The summed E-state index contributed by atoms with van der Waals surface area (Å²) < 4.78 is 5.25. The second kappa shape index (κ2) is 11.5. The molecule has 1 heterocycles. The molecular weight excluding hydrogens is 334 g/mol. The Morgan fingerprint density at radius 2 is 1.89 bits per heavy atom. The summed E-state index contributed by atoms with van der Waals surface area (Å²) in [6, 6.07) is 8.99. The Bertz CT molecular complexity index is 549. The Labute approximate surface area is 166 Å². The normalized spacial score (nSPS) is 17.2. The average Bonchev–Trinajstić information content (AvgIpc) is 2.69. The summed E-state index contributed by atoms with van der Waals surface area (Å²) in [4.78, 5) is 5.17. The Kier molecular flexibility index (Phi) is 9.29. The molecule has 4 heteroatoms. The molecule has 1 aromatic rings. The highest BCUT2D eigenvalue weighted by molar-refractivity contribution is 5.91. The Balaban J connectivity index is 1.65. The second-order valence-corrected chi connectivity index (χ2v) is 8.04. The molecule has 1 aliphatic rings. The molecule has 1 unspecified atom stereocenters. The summed E-state index contributed by atoms with van der Waals surface area (Å²) in [7, 11) is 2.28. The van der Waals surface area contributed by atoms with Crippen LogP contribution in [0.15, 0.2) is 24.3 Å². The number of benzene rings is 1. The first-order chi connectivity index (χ1) is 13.0. The fourth-order valence-corrected chi connectivity index (χ4v) is 3.85. The summed E-state index contributed by atoms with van der Waals surface area (Å²) in [6.45, 7) is 12.0. The zero-order chi connectivity index (χ0) is 19.6. The minimum Gasteiger partial charge on any atom is -0.478 e. The van der Waals surface area contributed by atoms with Crippen LogP contribution in [-0.4, -0.2) is 61.6 Å². The summed E-state index contributed by atoms with van der Waals surface area (Å²) in [5.41, 5.74) is 2.22. The van der Waals surface area contributed by atoms with Crippen molar-refractivity contribution in [3.63, 3.8) is 0 Å². The number of aryl methyl sites for hydroxylation is 1. The number of ether oxygens (including phenoxy) is 1. The van der Waals surface area contributed by atoms with Gasteiger partial charge in [-0.15, -0.1) is 0 Å². The highest BCUT2D eigenvalue weighted by atomic mass is 16.5. The molecule has 0 aliphatic carbocycles. The van der Waals surface area contributed by atoms with Crippen molar-refractivity contribution in [3.05, 3.63) is 35.4 Å². The van der Waals surface area contributed by atoms with Gasteiger partial charge in [-0.2, -0.15) is 0 Å². The van der Waals surface area contributed by atoms with Gasteiger partial charge in [-0.3, -0.25) is 5.41 Å². The van der Waals surface area contributed by atoms with E-state index in [-0.39, 0.29) is 5.90 Å². The molecule has 0 spiro atoms. The third-order valence-corrected chi connectivity index (χ3v) is 6.04. The zero-order valence-electron chi connectivity index (χ0n) is 17.8. The molecule has 1 saturated heterocycles. The average molecular weight is 374 g/mol. The van der Waals surface area contributed by atoms with E-state index in [1.165, 1.54) is 57.4 Å². The summed E-state index contributed by atoms with van der Waals surface area (Å²) in [5, 5.41) is 7.83. The number of nitrogens with one attached hydrogen (secondary N) is 1. The Morgan fingerprint density at radius 3 is 2.48 bits per heavy atom. The molecular formula is C23H39N3O. The van der Waals surface area contributed by atoms with Crippen LogP contribution in [0.1, 0.15) is 57.6 Å². The van der Waals surface area contributed by atoms with Crippen LogP contribution in [0.5, 0.6) is 0 Å². The molecule has 0 amide bonds. The maximum atomic E-state index is 7.83. The van der Waals surface area contributed by atoms with E-state index in [9.17, 15) is 0 Å². The van der Waals surface area contributed by atoms with Gasteiger partial charge in [-0.1, -0.05) is 19.1 Å². The second-order valence-electron chi connectivity index (χ2n) is 8.04. The third kappa shape index (κ3) is 7.27. The Hall–Kier alpha value is -1.39. The number of hydrogen-bond donors (Lipinski definition) is 1. The number of nitrogens with zero attached hydrogens (tertiary/aromatic N) is 2. The molecule has 1 atom stereocenters. The molecule has 2 rings (SSSR count). The van der Waals surface area contributed by atoms with Crippen molar-refractivity contribution in [1.82, 2.24) is 9.80 Å². The van der Waals surface area contributed by atoms with Gasteiger partial charge in [-0.05, 0) is 96.2 Å². The van der Waals surface area contributed by atoms with Gasteiger partial charge in [0.2, 0.25) is 5.90 Å². The molecule has 1 aliphatic heterocycles. The largest absolute Gasteiger partial charge is 0.478 e. The smallest absolute Gasteiger partial charge is 0.213 e. The zero-order valence-corrected chi connectivity index (χ0v) is 17.8. The predicted molar refractivity (Wildman–Crippen MR) is 115 cm³/mol. The molecule has 0 saturated carbocycles. The topological polar surface area (TPSA) is 39.6 Å². The van der Waals surface area contributed by atoms with Crippen molar-refractivity contribution in [2.75, 3.05) is 39.8 Å². The van der Waals surface area contributed by atoms with Gasteiger partial charge < -0.3 is 14.5 Å². The van der Waals surface area contributed by atoms with Crippen molar-refractivity contribution < 1.29 is 4.74 Å². The number of likely N-dealkylation sites (tertiary alicyclic amines) is 1. The van der Waals surface area contributed by atoms with Crippen LogP contribution in [0, 0.1) is 11.3 Å². The van der Waals surface area contributed by atoms with E-state index in [2.05, 4.69) is 42.8 Å². The lowest BCUT2D eigenvalue weighted by Gasteiger charge is -2.35. The number of piperidine rings is 1. The molecule has 1 N–H and O–H groups in total. The standard InChI is InChI=1S/C23H39N3O/c1-5-19(3)25(4)18-21-13-16-26(17-14-21)15-7-8-20-9-11-22(12-10-20)23(24)27-6-2/h9-12,19,21,24H,5-8,13-18H2,1-4H3. The molecule has 0 aromatic heterocycles. The lowest BCUT2D eigenvalue weighted by Crippen LogP contribution is -2.40. The van der Waals surface area contributed by atoms with Crippen LogP contribution in [-0.2, 0) is 11.2 Å². The van der Waals surface area contributed by atoms with E-state index >= 15 is 0 Å².